The Balaban J connectivity index is 1.99. The molecular weight excluding hydrogens is 346 g/mol. The maximum absolute atomic E-state index is 12.2. The van der Waals surface area contributed by atoms with E-state index in [1.54, 1.807) is 0 Å². The molecule has 28 heavy (non-hydrogen) atoms. The number of benzene rings is 2. The molecule has 3 rings (SSSR count). The molecule has 1 aliphatic heterocycles. The summed E-state index contributed by atoms with van der Waals surface area (Å²) in [6.07, 6.45) is 1.76. The number of hydrogen-bond acceptors (Lipinski definition) is 3. The van der Waals surface area contributed by atoms with Gasteiger partial charge in [0.15, 0.2) is 0 Å². The molecule has 0 aromatic heterocycles. The Morgan fingerprint density at radius 3 is 2.25 bits per heavy atom. The second-order valence-corrected chi connectivity index (χ2v) is 8.60. The SMILES string of the molecule is Cc1ccc(C(O)(CCC(C)C)C(CN2CCOCC2)c2ccccc2)cc1. The van der Waals surface area contributed by atoms with E-state index in [9.17, 15) is 5.11 Å². The van der Waals surface area contributed by atoms with Gasteiger partial charge >= 0.3 is 0 Å². The fourth-order valence-electron chi connectivity index (χ4n) is 4.13. The molecule has 152 valence electrons. The van der Waals surface area contributed by atoms with Crippen LogP contribution in [0.2, 0.25) is 0 Å². The zero-order valence-electron chi connectivity index (χ0n) is 17.6. The molecule has 1 fully saturated rings. The van der Waals surface area contributed by atoms with Crippen molar-refractivity contribution in [3.63, 3.8) is 0 Å². The van der Waals surface area contributed by atoms with Gasteiger partial charge in [0, 0.05) is 25.6 Å². The molecule has 0 aliphatic carbocycles. The van der Waals surface area contributed by atoms with Crippen molar-refractivity contribution in [3.8, 4) is 0 Å². The second kappa shape index (κ2) is 9.69. The van der Waals surface area contributed by atoms with Crippen LogP contribution in [0.15, 0.2) is 54.6 Å². The molecule has 3 heteroatoms. The van der Waals surface area contributed by atoms with E-state index in [1.807, 2.05) is 6.07 Å². The molecule has 2 aromatic carbocycles. The summed E-state index contributed by atoms with van der Waals surface area (Å²) >= 11 is 0. The average molecular weight is 382 g/mol. The van der Waals surface area contributed by atoms with Crippen molar-refractivity contribution in [2.24, 2.45) is 5.92 Å². The molecular formula is C25H35NO2. The van der Waals surface area contributed by atoms with E-state index in [2.05, 4.69) is 74.2 Å². The predicted molar refractivity (Wildman–Crippen MR) is 116 cm³/mol. The van der Waals surface area contributed by atoms with Gasteiger partial charge in [0.1, 0.15) is 0 Å². The Hall–Kier alpha value is -1.68. The smallest absolute Gasteiger partial charge is 0.0977 e. The van der Waals surface area contributed by atoms with Gasteiger partial charge in [-0.15, -0.1) is 0 Å². The van der Waals surface area contributed by atoms with Gasteiger partial charge in [0.2, 0.25) is 0 Å². The summed E-state index contributed by atoms with van der Waals surface area (Å²) in [5, 5.41) is 12.2. The first kappa shape index (κ1) is 21.0. The quantitative estimate of drug-likeness (QED) is 0.717. The third-order valence-corrected chi connectivity index (χ3v) is 5.98. The summed E-state index contributed by atoms with van der Waals surface area (Å²) in [5.41, 5.74) is 2.57. The van der Waals surface area contributed by atoms with Crippen LogP contribution < -0.4 is 0 Å². The summed E-state index contributed by atoms with van der Waals surface area (Å²) < 4.78 is 5.55. The summed E-state index contributed by atoms with van der Waals surface area (Å²) in [7, 11) is 0. The summed E-state index contributed by atoms with van der Waals surface area (Å²) in [5.74, 6) is 0.574. The lowest BCUT2D eigenvalue weighted by Crippen LogP contribution is -2.45. The molecule has 0 amide bonds. The van der Waals surface area contributed by atoms with Crippen LogP contribution in [0, 0.1) is 12.8 Å². The van der Waals surface area contributed by atoms with Crippen LogP contribution in [0.3, 0.4) is 0 Å². The number of nitrogens with zero attached hydrogens (tertiary/aromatic N) is 1. The molecule has 2 aromatic rings. The molecule has 2 unspecified atom stereocenters. The topological polar surface area (TPSA) is 32.7 Å². The predicted octanol–water partition coefficient (Wildman–Crippen LogP) is 4.73. The van der Waals surface area contributed by atoms with Gasteiger partial charge in [-0.25, -0.2) is 0 Å². The Kier molecular flexibility index (Phi) is 7.28. The van der Waals surface area contributed by atoms with Gasteiger partial charge < -0.3 is 9.84 Å². The number of aryl methyl sites for hydroxylation is 1. The zero-order valence-corrected chi connectivity index (χ0v) is 17.6. The minimum absolute atomic E-state index is 0.0215. The molecule has 0 spiro atoms. The molecule has 0 saturated carbocycles. The monoisotopic (exact) mass is 381 g/mol. The third kappa shape index (κ3) is 5.22. The highest BCUT2D eigenvalue weighted by Gasteiger charge is 2.40. The molecule has 1 heterocycles. The average Bonchev–Trinajstić information content (AvgIpc) is 2.72. The number of ether oxygens (including phenoxy) is 1. The number of rotatable bonds is 8. The standard InChI is InChI=1S/C25H35NO2/c1-20(2)13-14-25(27,23-11-9-21(3)10-12-23)24(22-7-5-4-6-8-22)19-26-15-17-28-18-16-26/h4-12,20,24,27H,13-19H2,1-3H3. The van der Waals surface area contributed by atoms with E-state index in [4.69, 9.17) is 4.74 Å². The largest absolute Gasteiger partial charge is 0.384 e. The lowest BCUT2D eigenvalue weighted by Gasteiger charge is -2.41. The van der Waals surface area contributed by atoms with Gasteiger partial charge in [-0.05, 0) is 36.8 Å². The second-order valence-electron chi connectivity index (χ2n) is 8.60. The first-order valence-electron chi connectivity index (χ1n) is 10.6. The van der Waals surface area contributed by atoms with Crippen molar-refractivity contribution >= 4 is 0 Å². The van der Waals surface area contributed by atoms with E-state index < -0.39 is 5.60 Å². The van der Waals surface area contributed by atoms with Gasteiger partial charge in [0.25, 0.3) is 0 Å². The minimum atomic E-state index is -0.891. The van der Waals surface area contributed by atoms with E-state index in [0.717, 1.165) is 51.3 Å². The maximum atomic E-state index is 12.2. The highest BCUT2D eigenvalue weighted by Crippen LogP contribution is 2.42. The Morgan fingerprint density at radius 1 is 1.00 bits per heavy atom. The maximum Gasteiger partial charge on any atom is 0.0977 e. The number of hydrogen-bond donors (Lipinski definition) is 1. The van der Waals surface area contributed by atoms with Crippen LogP contribution in [-0.4, -0.2) is 42.9 Å². The van der Waals surface area contributed by atoms with Crippen LogP contribution in [0.4, 0.5) is 0 Å². The zero-order chi connectivity index (χ0) is 20.0. The van der Waals surface area contributed by atoms with E-state index >= 15 is 0 Å². The van der Waals surface area contributed by atoms with Crippen LogP contribution in [-0.2, 0) is 10.3 Å². The van der Waals surface area contributed by atoms with Crippen LogP contribution in [0.25, 0.3) is 0 Å². The number of aliphatic hydroxyl groups is 1. The van der Waals surface area contributed by atoms with Crippen LogP contribution in [0.5, 0.6) is 0 Å². The van der Waals surface area contributed by atoms with E-state index in [-0.39, 0.29) is 5.92 Å². The highest BCUT2D eigenvalue weighted by atomic mass is 16.5. The van der Waals surface area contributed by atoms with Gasteiger partial charge in [-0.1, -0.05) is 74.0 Å². The molecule has 0 bridgehead atoms. The lowest BCUT2D eigenvalue weighted by atomic mass is 9.73. The minimum Gasteiger partial charge on any atom is -0.384 e. The Labute approximate surface area is 170 Å². The van der Waals surface area contributed by atoms with E-state index in [0.29, 0.717) is 5.92 Å². The third-order valence-electron chi connectivity index (χ3n) is 5.98. The first-order valence-corrected chi connectivity index (χ1v) is 10.6. The Bertz CT molecular complexity index is 707. The fraction of sp³-hybridized carbons (Fsp3) is 0.520. The van der Waals surface area contributed by atoms with Crippen molar-refractivity contribution in [1.29, 1.82) is 0 Å². The molecule has 1 saturated heterocycles. The summed E-state index contributed by atoms with van der Waals surface area (Å²) in [6, 6.07) is 19.0. The van der Waals surface area contributed by atoms with Crippen LogP contribution in [0.1, 0.15) is 49.3 Å². The van der Waals surface area contributed by atoms with Crippen molar-refractivity contribution in [3.05, 3.63) is 71.3 Å². The van der Waals surface area contributed by atoms with Crippen LogP contribution >= 0.6 is 0 Å². The number of morpholine rings is 1. The Morgan fingerprint density at radius 2 is 1.64 bits per heavy atom. The molecule has 1 N–H and O–H groups in total. The van der Waals surface area contributed by atoms with Crippen molar-refractivity contribution in [2.75, 3.05) is 32.8 Å². The summed E-state index contributed by atoms with van der Waals surface area (Å²) in [4.78, 5) is 2.44. The highest BCUT2D eigenvalue weighted by molar-refractivity contribution is 5.33. The van der Waals surface area contributed by atoms with Gasteiger partial charge in [-0.2, -0.15) is 0 Å². The van der Waals surface area contributed by atoms with Gasteiger partial charge in [0.05, 0.1) is 18.8 Å². The molecule has 3 nitrogen and oxygen atoms in total. The van der Waals surface area contributed by atoms with Crippen molar-refractivity contribution in [2.45, 2.75) is 45.1 Å². The normalized spacial score (nSPS) is 18.8. The fourth-order valence-corrected chi connectivity index (χ4v) is 4.13. The molecule has 2 atom stereocenters. The first-order chi connectivity index (χ1) is 13.5. The molecule has 1 aliphatic rings. The van der Waals surface area contributed by atoms with Gasteiger partial charge in [-0.3, -0.25) is 4.90 Å². The molecule has 0 radical (unpaired) electrons. The summed E-state index contributed by atoms with van der Waals surface area (Å²) in [6.45, 7) is 10.8. The van der Waals surface area contributed by atoms with Crippen molar-refractivity contribution in [1.82, 2.24) is 4.90 Å². The van der Waals surface area contributed by atoms with E-state index in [1.165, 1.54) is 11.1 Å². The van der Waals surface area contributed by atoms with Crippen molar-refractivity contribution < 1.29 is 9.84 Å². The lowest BCUT2D eigenvalue weighted by molar-refractivity contribution is -0.0311.